The Balaban J connectivity index is 1.69. The van der Waals surface area contributed by atoms with Gasteiger partial charge in [0.05, 0.1) is 13.7 Å². The van der Waals surface area contributed by atoms with Crippen LogP contribution in [0.2, 0.25) is 0 Å². The van der Waals surface area contributed by atoms with E-state index in [9.17, 15) is 9.50 Å². The van der Waals surface area contributed by atoms with Gasteiger partial charge in [-0.15, -0.1) is 0 Å². The van der Waals surface area contributed by atoms with E-state index in [1.54, 1.807) is 25.3 Å². The molecule has 0 aliphatic carbocycles. The smallest absolute Gasteiger partial charge is 0.161 e. The fraction of sp³-hybridized carbons (Fsp3) is 0.429. The molecule has 2 aromatic carbocycles. The third-order valence-corrected chi connectivity index (χ3v) is 5.05. The van der Waals surface area contributed by atoms with E-state index in [2.05, 4.69) is 9.80 Å². The molecule has 1 N–H and O–H groups in total. The van der Waals surface area contributed by atoms with Crippen LogP contribution >= 0.6 is 0 Å². The maximum atomic E-state index is 13.8. The number of aliphatic hydroxyl groups excluding tert-OH is 1. The lowest BCUT2D eigenvalue weighted by molar-refractivity contribution is 0.0539. The normalized spacial score (nSPS) is 18.4. The quantitative estimate of drug-likeness (QED) is 0.807. The van der Waals surface area contributed by atoms with E-state index in [4.69, 9.17) is 9.47 Å². The van der Waals surface area contributed by atoms with Crippen molar-refractivity contribution in [3.63, 3.8) is 0 Å². The van der Waals surface area contributed by atoms with Crippen LogP contribution in [0.15, 0.2) is 42.5 Å². The summed E-state index contributed by atoms with van der Waals surface area (Å²) in [6.45, 7) is 3.78. The molecular weight excluding hydrogens is 347 g/mol. The summed E-state index contributed by atoms with van der Waals surface area (Å²) in [6, 6.07) is 12.6. The van der Waals surface area contributed by atoms with E-state index in [1.165, 1.54) is 6.07 Å². The van der Waals surface area contributed by atoms with Gasteiger partial charge in [-0.2, -0.15) is 0 Å². The predicted octanol–water partition coefficient (Wildman–Crippen LogP) is 2.52. The molecule has 1 aliphatic heterocycles. The van der Waals surface area contributed by atoms with E-state index in [-0.39, 0.29) is 25.1 Å². The van der Waals surface area contributed by atoms with Crippen molar-refractivity contribution < 1.29 is 19.0 Å². The second-order valence-electron chi connectivity index (χ2n) is 6.92. The Morgan fingerprint density at radius 1 is 1.15 bits per heavy atom. The molecular formula is C21H27FN2O3. The first-order chi connectivity index (χ1) is 13.1. The Morgan fingerprint density at radius 3 is 2.70 bits per heavy atom. The van der Waals surface area contributed by atoms with Gasteiger partial charge in [-0.05, 0) is 30.8 Å². The number of methoxy groups -OCH3 is 1. The van der Waals surface area contributed by atoms with Crippen LogP contribution < -0.4 is 9.47 Å². The average Bonchev–Trinajstić information content (AvgIpc) is 2.69. The number of ether oxygens (including phenoxy) is 2. The molecule has 1 atom stereocenters. The summed E-state index contributed by atoms with van der Waals surface area (Å²) in [5.74, 6) is 0.952. The fourth-order valence-corrected chi connectivity index (χ4v) is 3.31. The zero-order valence-electron chi connectivity index (χ0n) is 15.9. The minimum atomic E-state index is -0.278. The summed E-state index contributed by atoms with van der Waals surface area (Å²) in [5.41, 5.74) is 1.61. The molecule has 0 spiro atoms. The molecule has 27 heavy (non-hydrogen) atoms. The van der Waals surface area contributed by atoms with Crippen LogP contribution in [-0.4, -0.2) is 61.3 Å². The van der Waals surface area contributed by atoms with Gasteiger partial charge in [-0.25, -0.2) is 4.39 Å². The molecule has 1 fully saturated rings. The number of benzene rings is 2. The highest BCUT2D eigenvalue weighted by Gasteiger charge is 2.23. The largest absolute Gasteiger partial charge is 0.493 e. The molecule has 1 heterocycles. The molecule has 0 aromatic heterocycles. The van der Waals surface area contributed by atoms with Gasteiger partial charge in [-0.3, -0.25) is 9.80 Å². The highest BCUT2D eigenvalue weighted by atomic mass is 19.1. The lowest BCUT2D eigenvalue weighted by Crippen LogP contribution is -2.52. The highest BCUT2D eigenvalue weighted by molar-refractivity contribution is 5.43. The maximum absolute atomic E-state index is 13.8. The van der Waals surface area contributed by atoms with Gasteiger partial charge < -0.3 is 14.6 Å². The number of likely N-dealkylation sites (N-methyl/N-ethyl adjacent to an activating group) is 1. The molecule has 0 radical (unpaired) electrons. The Bertz CT molecular complexity index is 756. The number of halogens is 1. The van der Waals surface area contributed by atoms with E-state index in [1.807, 2.05) is 25.2 Å². The van der Waals surface area contributed by atoms with Crippen molar-refractivity contribution in [3.8, 4) is 11.5 Å². The minimum absolute atomic E-state index is 0.146. The Morgan fingerprint density at radius 2 is 1.96 bits per heavy atom. The van der Waals surface area contributed by atoms with E-state index in [0.29, 0.717) is 17.1 Å². The fourth-order valence-electron chi connectivity index (χ4n) is 3.31. The van der Waals surface area contributed by atoms with Crippen molar-refractivity contribution in [2.24, 2.45) is 0 Å². The van der Waals surface area contributed by atoms with Gasteiger partial charge in [0, 0.05) is 37.8 Å². The lowest BCUT2D eigenvalue weighted by Gasteiger charge is -2.38. The molecule has 2 aromatic rings. The van der Waals surface area contributed by atoms with Gasteiger partial charge in [0.15, 0.2) is 11.5 Å². The number of hydrogen-bond donors (Lipinski definition) is 1. The van der Waals surface area contributed by atoms with Gasteiger partial charge in [-0.1, -0.05) is 24.3 Å². The van der Waals surface area contributed by atoms with Crippen molar-refractivity contribution in [1.82, 2.24) is 9.80 Å². The molecule has 0 bridgehead atoms. The second kappa shape index (κ2) is 9.17. The Hall–Kier alpha value is -2.15. The predicted molar refractivity (Wildman–Crippen MR) is 103 cm³/mol. The molecule has 0 saturated carbocycles. The first-order valence-electron chi connectivity index (χ1n) is 9.17. The van der Waals surface area contributed by atoms with Crippen molar-refractivity contribution >= 4 is 0 Å². The average molecular weight is 374 g/mol. The first-order valence-corrected chi connectivity index (χ1v) is 9.17. The van der Waals surface area contributed by atoms with Crippen LogP contribution in [0.3, 0.4) is 0 Å². The van der Waals surface area contributed by atoms with Gasteiger partial charge in [0.25, 0.3) is 0 Å². The van der Waals surface area contributed by atoms with Crippen LogP contribution in [0.4, 0.5) is 4.39 Å². The third kappa shape index (κ3) is 4.97. The van der Waals surface area contributed by atoms with Crippen LogP contribution in [0.25, 0.3) is 0 Å². The summed E-state index contributed by atoms with van der Waals surface area (Å²) in [5, 5.41) is 9.52. The zero-order valence-corrected chi connectivity index (χ0v) is 15.9. The number of nitrogens with zero attached hydrogens (tertiary/aromatic N) is 2. The molecule has 0 amide bonds. The SMILES string of the molecule is COc1ccc(CN2CCN(C)[C@H](CO)C2)cc1OCc1ccccc1F. The summed E-state index contributed by atoms with van der Waals surface area (Å²) in [4.78, 5) is 4.51. The second-order valence-corrected chi connectivity index (χ2v) is 6.92. The summed E-state index contributed by atoms with van der Waals surface area (Å²) < 4.78 is 25.1. The van der Waals surface area contributed by atoms with Crippen LogP contribution in [-0.2, 0) is 13.2 Å². The highest BCUT2D eigenvalue weighted by Crippen LogP contribution is 2.30. The summed E-state index contributed by atoms with van der Waals surface area (Å²) in [6.07, 6.45) is 0. The van der Waals surface area contributed by atoms with E-state index < -0.39 is 0 Å². The standard InChI is InChI=1S/C21H27FN2O3/c1-23-9-10-24(13-18(23)14-25)12-16-7-8-20(26-2)21(11-16)27-15-17-5-3-4-6-19(17)22/h3-8,11,18,25H,9-10,12-15H2,1-2H3/t18-/m0/s1. The van der Waals surface area contributed by atoms with Crippen molar-refractivity contribution in [1.29, 1.82) is 0 Å². The Kier molecular flexibility index (Phi) is 6.66. The van der Waals surface area contributed by atoms with Crippen LogP contribution in [0.5, 0.6) is 11.5 Å². The van der Waals surface area contributed by atoms with Gasteiger partial charge in [0.2, 0.25) is 0 Å². The van der Waals surface area contributed by atoms with Crippen LogP contribution in [0, 0.1) is 5.82 Å². The summed E-state index contributed by atoms with van der Waals surface area (Å²) >= 11 is 0. The molecule has 5 nitrogen and oxygen atoms in total. The summed E-state index contributed by atoms with van der Waals surface area (Å²) in [7, 11) is 3.64. The van der Waals surface area contributed by atoms with Gasteiger partial charge in [0.1, 0.15) is 12.4 Å². The van der Waals surface area contributed by atoms with Crippen molar-refractivity contribution in [3.05, 3.63) is 59.4 Å². The topological polar surface area (TPSA) is 45.2 Å². The molecule has 1 aliphatic rings. The molecule has 6 heteroatoms. The van der Waals surface area contributed by atoms with E-state index in [0.717, 1.165) is 31.7 Å². The molecule has 146 valence electrons. The number of rotatable bonds is 7. The van der Waals surface area contributed by atoms with Crippen LogP contribution in [0.1, 0.15) is 11.1 Å². The minimum Gasteiger partial charge on any atom is -0.493 e. The van der Waals surface area contributed by atoms with Crippen molar-refractivity contribution in [2.45, 2.75) is 19.2 Å². The number of piperazine rings is 1. The Labute approximate surface area is 159 Å². The molecule has 3 rings (SSSR count). The molecule has 1 saturated heterocycles. The zero-order chi connectivity index (χ0) is 19.2. The first kappa shape index (κ1) is 19.6. The third-order valence-electron chi connectivity index (χ3n) is 5.05. The van der Waals surface area contributed by atoms with Crippen molar-refractivity contribution in [2.75, 3.05) is 40.4 Å². The number of aliphatic hydroxyl groups is 1. The van der Waals surface area contributed by atoms with E-state index >= 15 is 0 Å². The van der Waals surface area contributed by atoms with Gasteiger partial charge >= 0.3 is 0 Å². The number of hydrogen-bond acceptors (Lipinski definition) is 5. The lowest BCUT2D eigenvalue weighted by atomic mass is 10.1. The maximum Gasteiger partial charge on any atom is 0.161 e. The molecule has 0 unspecified atom stereocenters. The monoisotopic (exact) mass is 374 g/mol.